The first kappa shape index (κ1) is 37.5. The molecule has 234 valence electrons. The lowest BCUT2D eigenvalue weighted by molar-refractivity contribution is -0.890. The van der Waals surface area contributed by atoms with Gasteiger partial charge in [-0.25, -0.2) is 4.68 Å². The molecule has 2 atom stereocenters. The molecule has 1 aliphatic heterocycles. The van der Waals surface area contributed by atoms with Crippen LogP contribution < -0.4 is 32.3 Å². The van der Waals surface area contributed by atoms with Crippen molar-refractivity contribution in [3.05, 3.63) is 98.9 Å². The van der Waals surface area contributed by atoms with Crippen LogP contribution in [0.25, 0.3) is 10.8 Å². The van der Waals surface area contributed by atoms with Crippen LogP contribution in [-0.4, -0.2) is 65.8 Å². The van der Waals surface area contributed by atoms with E-state index < -0.39 is 0 Å². The number of Topliss-reactive ketones (excluding diaryl/α,β-unsaturated/α-hetero) is 1. The number of carbonyl (C=O) groups is 1. The second kappa shape index (κ2) is 17.0. The van der Waals surface area contributed by atoms with Crippen molar-refractivity contribution in [2.45, 2.75) is 31.7 Å². The van der Waals surface area contributed by atoms with Crippen LogP contribution in [0, 0.1) is 0 Å². The van der Waals surface area contributed by atoms with Gasteiger partial charge >= 0.3 is 0 Å². The van der Waals surface area contributed by atoms with Crippen LogP contribution in [0.15, 0.2) is 71.5 Å². The van der Waals surface area contributed by atoms with Gasteiger partial charge in [0, 0.05) is 29.3 Å². The lowest BCUT2D eigenvalue weighted by Crippen LogP contribution is -3.12. The van der Waals surface area contributed by atoms with Crippen LogP contribution in [0.1, 0.15) is 46.9 Å². The molecule has 10 nitrogen and oxygen atoms in total. The lowest BCUT2D eigenvalue weighted by atomic mass is 10.0. The summed E-state index contributed by atoms with van der Waals surface area (Å²) in [4.78, 5) is 27.9. The highest BCUT2D eigenvalue weighted by atomic mass is 35.5. The third kappa shape index (κ3) is 8.54. The highest BCUT2D eigenvalue weighted by Crippen LogP contribution is 2.25. The van der Waals surface area contributed by atoms with E-state index in [2.05, 4.69) is 0 Å². The van der Waals surface area contributed by atoms with Gasteiger partial charge in [-0.15, -0.1) is 0 Å². The van der Waals surface area contributed by atoms with Gasteiger partial charge in [-0.2, -0.15) is 5.10 Å². The zero-order chi connectivity index (χ0) is 27.4. The van der Waals surface area contributed by atoms with E-state index in [9.17, 15) is 9.59 Å². The molecule has 0 saturated carbocycles. The first-order valence-corrected chi connectivity index (χ1v) is 13.7. The Morgan fingerprint density at radius 2 is 1.65 bits per heavy atom. The van der Waals surface area contributed by atoms with Gasteiger partial charge in [0.15, 0.2) is 0 Å². The van der Waals surface area contributed by atoms with Gasteiger partial charge in [0.2, 0.25) is 5.78 Å². The first-order valence-electron chi connectivity index (χ1n) is 13.3. The summed E-state index contributed by atoms with van der Waals surface area (Å²) in [5, 5.41) is 7.18. The molecular formula is C31H39Cl2N3O7. The summed E-state index contributed by atoms with van der Waals surface area (Å²) in [5.41, 5.74) is 2.47. The fourth-order valence-electron chi connectivity index (χ4n) is 5.45. The predicted octanol–water partition coefficient (Wildman–Crippen LogP) is -1.32. The summed E-state index contributed by atoms with van der Waals surface area (Å²) < 4.78 is 12.4. The number of hydrogen-bond acceptors (Lipinski definition) is 5. The van der Waals surface area contributed by atoms with E-state index in [1.54, 1.807) is 37.1 Å². The molecule has 1 aromatic heterocycles. The highest BCUT2D eigenvalue weighted by Gasteiger charge is 2.26. The average Bonchev–Trinajstić information content (AvgIpc) is 3.20. The third-order valence-corrected chi connectivity index (χ3v) is 7.81. The number of benzene rings is 3. The van der Waals surface area contributed by atoms with Gasteiger partial charge in [0.25, 0.3) is 5.56 Å². The van der Waals surface area contributed by atoms with Crippen molar-refractivity contribution < 1.29 is 48.0 Å². The van der Waals surface area contributed by atoms with E-state index in [4.69, 9.17) is 26.2 Å². The smallest absolute Gasteiger partial charge is 0.274 e. The molecule has 1 aliphatic rings. The summed E-state index contributed by atoms with van der Waals surface area (Å²) in [7, 11) is 3.15. The number of quaternary nitrogens is 1. The number of aromatic nitrogens is 2. The number of halogens is 2. The molecule has 1 fully saturated rings. The van der Waals surface area contributed by atoms with Gasteiger partial charge in [0.05, 0.1) is 50.0 Å². The fraction of sp³-hybridized carbons (Fsp3) is 0.323. The van der Waals surface area contributed by atoms with Crippen molar-refractivity contribution >= 4 is 28.2 Å². The minimum Gasteiger partial charge on any atom is -1.00 e. The van der Waals surface area contributed by atoms with Crippen LogP contribution in [-0.2, 0) is 6.42 Å². The molecule has 7 N–H and O–H groups in total. The maximum Gasteiger partial charge on any atom is 0.274 e. The summed E-state index contributed by atoms with van der Waals surface area (Å²) in [6, 6.07) is 20.7. The van der Waals surface area contributed by atoms with Gasteiger partial charge in [-0.05, 0) is 48.7 Å². The second-order valence-electron chi connectivity index (χ2n) is 10.0. The molecule has 2 unspecified atom stereocenters. The van der Waals surface area contributed by atoms with E-state index in [-0.39, 0.29) is 46.2 Å². The molecule has 43 heavy (non-hydrogen) atoms. The quantitative estimate of drug-likeness (QED) is 0.236. The Bertz CT molecular complexity index is 1550. The lowest BCUT2D eigenvalue weighted by Gasteiger charge is -2.19. The number of likely N-dealkylation sites (tertiary alicyclic amines) is 1. The van der Waals surface area contributed by atoms with Crippen LogP contribution in [0.5, 0.6) is 11.5 Å². The third-order valence-electron chi connectivity index (χ3n) is 7.55. The van der Waals surface area contributed by atoms with E-state index in [1.807, 2.05) is 48.5 Å². The van der Waals surface area contributed by atoms with Gasteiger partial charge in [-0.1, -0.05) is 41.9 Å². The van der Waals surface area contributed by atoms with Crippen LogP contribution in [0.3, 0.4) is 0 Å². The standard InChI is InChI=1S/C31H32ClN3O4.ClH.3H2O/c1-38-24-13-14-27(30(19-24)39-2)29(36)20-34-16-5-6-23(15-17-34)35-31(37)26-8-4-3-7-25(26)28(33-35)18-21-9-11-22(32)12-10-21;;;;/h3-4,7-14,19,23H,5-6,15-18,20H2,1-2H3;1H;3*1H2. The highest BCUT2D eigenvalue weighted by molar-refractivity contribution is 6.30. The second-order valence-corrected chi connectivity index (χ2v) is 10.5. The van der Waals surface area contributed by atoms with E-state index in [0.717, 1.165) is 49.0 Å². The first-order chi connectivity index (χ1) is 19.0. The molecule has 2 heterocycles. The van der Waals surface area contributed by atoms with Crippen LogP contribution in [0.2, 0.25) is 5.02 Å². The number of nitrogens with one attached hydrogen (secondary N) is 1. The Morgan fingerprint density at radius 1 is 0.953 bits per heavy atom. The molecule has 3 aromatic carbocycles. The summed E-state index contributed by atoms with van der Waals surface area (Å²) in [6.07, 6.45) is 3.13. The van der Waals surface area contributed by atoms with Crippen LogP contribution in [0.4, 0.5) is 0 Å². The Balaban J connectivity index is 0.00000231. The zero-order valence-corrected chi connectivity index (χ0v) is 25.7. The van der Waals surface area contributed by atoms with E-state index in [0.29, 0.717) is 40.4 Å². The molecule has 0 bridgehead atoms. The monoisotopic (exact) mass is 635 g/mol. The number of methoxy groups -OCH3 is 2. The van der Waals surface area contributed by atoms with Crippen molar-refractivity contribution in [2.75, 3.05) is 33.9 Å². The summed E-state index contributed by atoms with van der Waals surface area (Å²) in [6.45, 7) is 2.01. The molecule has 0 radical (unpaired) electrons. The number of carbonyl (C=O) groups excluding carboxylic acids is 1. The molecule has 0 spiro atoms. The minimum absolute atomic E-state index is 0. The normalized spacial score (nSPS) is 15.9. The summed E-state index contributed by atoms with van der Waals surface area (Å²) in [5.74, 6) is 1.21. The molecule has 1 saturated heterocycles. The Labute approximate surface area is 261 Å². The summed E-state index contributed by atoms with van der Waals surface area (Å²) >= 11 is 6.08. The maximum atomic E-state index is 13.6. The topological polar surface area (TPSA) is 169 Å². The minimum atomic E-state index is -0.0575. The van der Waals surface area contributed by atoms with Gasteiger partial charge in [0.1, 0.15) is 18.0 Å². The number of fused-ring (bicyclic) bond motifs is 1. The molecule has 12 heteroatoms. The van der Waals surface area contributed by atoms with Crippen molar-refractivity contribution in [1.82, 2.24) is 9.78 Å². The van der Waals surface area contributed by atoms with Crippen molar-refractivity contribution in [3.63, 3.8) is 0 Å². The molecule has 4 aromatic rings. The Hall–Kier alpha value is -3.51. The SMILES string of the molecule is COc1ccc(C(=O)C[NH+]2CCCC(n3nc(Cc4ccc(Cl)cc4)c4ccccc4c3=O)CC2)c(OC)c1.O.O.O.[Cl-]. The molecule has 0 aliphatic carbocycles. The number of ketones is 1. The predicted molar refractivity (Wildman–Crippen MR) is 163 cm³/mol. The van der Waals surface area contributed by atoms with Crippen molar-refractivity contribution in [3.8, 4) is 11.5 Å². The van der Waals surface area contributed by atoms with Crippen molar-refractivity contribution in [1.29, 1.82) is 0 Å². The zero-order valence-electron chi connectivity index (χ0n) is 24.2. The Kier molecular flexibility index (Phi) is 14.8. The Morgan fingerprint density at radius 3 is 2.33 bits per heavy atom. The van der Waals surface area contributed by atoms with Gasteiger partial charge in [-0.3, -0.25) is 9.59 Å². The number of nitrogens with zero attached hydrogens (tertiary/aromatic N) is 2. The molecule has 0 amide bonds. The average molecular weight is 637 g/mol. The maximum absolute atomic E-state index is 13.6. The fourth-order valence-corrected chi connectivity index (χ4v) is 5.57. The van der Waals surface area contributed by atoms with E-state index in [1.165, 1.54) is 4.90 Å². The van der Waals surface area contributed by atoms with Crippen molar-refractivity contribution in [2.24, 2.45) is 0 Å². The number of hydrogen-bond donors (Lipinski definition) is 1. The number of ether oxygens (including phenoxy) is 2. The molecular weight excluding hydrogens is 597 g/mol. The number of rotatable bonds is 8. The van der Waals surface area contributed by atoms with Crippen LogP contribution >= 0.6 is 11.6 Å². The largest absolute Gasteiger partial charge is 1.00 e. The van der Waals surface area contributed by atoms with E-state index >= 15 is 0 Å². The molecule has 5 rings (SSSR count). The van der Waals surface area contributed by atoms with Gasteiger partial charge < -0.3 is 43.2 Å².